The van der Waals surface area contributed by atoms with E-state index in [-0.39, 0.29) is 5.78 Å². The lowest BCUT2D eigenvalue weighted by Gasteiger charge is -2.07. The van der Waals surface area contributed by atoms with Crippen LogP contribution >= 0.6 is 27.5 Å². The molecule has 3 heteroatoms. The van der Waals surface area contributed by atoms with Crippen molar-refractivity contribution < 1.29 is 4.79 Å². The molecule has 0 bridgehead atoms. The molecule has 0 unspecified atom stereocenters. The summed E-state index contributed by atoms with van der Waals surface area (Å²) in [7, 11) is 0. The number of benzene rings is 2. The second kappa shape index (κ2) is 5.25. The highest BCUT2D eigenvalue weighted by Gasteiger charge is 2.12. The van der Waals surface area contributed by atoms with Crippen molar-refractivity contribution in [3.8, 4) is 0 Å². The molecule has 18 heavy (non-hydrogen) atoms. The molecule has 0 heterocycles. The van der Waals surface area contributed by atoms with Crippen LogP contribution in [-0.2, 0) is 0 Å². The van der Waals surface area contributed by atoms with E-state index in [1.807, 2.05) is 32.0 Å². The Morgan fingerprint density at radius 1 is 1.11 bits per heavy atom. The predicted octanol–water partition coefficient (Wildman–Crippen LogP) is 4.95. The van der Waals surface area contributed by atoms with E-state index in [9.17, 15) is 4.79 Å². The summed E-state index contributed by atoms with van der Waals surface area (Å²) in [4.78, 5) is 12.4. The highest BCUT2D eigenvalue weighted by molar-refractivity contribution is 9.10. The number of carbonyl (C=O) groups excluding carboxylic acids is 1. The van der Waals surface area contributed by atoms with Crippen LogP contribution in [0.1, 0.15) is 27.0 Å². The fourth-order valence-corrected chi connectivity index (χ4v) is 2.36. The summed E-state index contributed by atoms with van der Waals surface area (Å²) < 4.78 is 0.736. The molecule has 0 radical (unpaired) electrons. The average Bonchev–Trinajstić information content (AvgIpc) is 2.32. The quantitative estimate of drug-likeness (QED) is 0.715. The normalized spacial score (nSPS) is 10.4. The first-order valence-electron chi connectivity index (χ1n) is 5.56. The lowest BCUT2D eigenvalue weighted by Crippen LogP contribution is -2.03. The van der Waals surface area contributed by atoms with E-state index in [0.717, 1.165) is 21.2 Å². The third kappa shape index (κ3) is 2.65. The van der Waals surface area contributed by atoms with Gasteiger partial charge in [-0.15, -0.1) is 0 Å². The Morgan fingerprint density at radius 2 is 1.83 bits per heavy atom. The Labute approximate surface area is 120 Å². The van der Waals surface area contributed by atoms with Crippen LogP contribution in [0.2, 0.25) is 5.02 Å². The van der Waals surface area contributed by atoms with E-state index >= 15 is 0 Å². The van der Waals surface area contributed by atoms with E-state index in [1.54, 1.807) is 18.2 Å². The van der Waals surface area contributed by atoms with Crippen molar-refractivity contribution in [1.29, 1.82) is 0 Å². The molecule has 2 aromatic carbocycles. The van der Waals surface area contributed by atoms with E-state index in [2.05, 4.69) is 15.9 Å². The minimum atomic E-state index is 0.0184. The zero-order chi connectivity index (χ0) is 13.3. The topological polar surface area (TPSA) is 17.1 Å². The lowest BCUT2D eigenvalue weighted by atomic mass is 9.98. The number of aryl methyl sites for hydroxylation is 2. The highest BCUT2D eigenvalue weighted by atomic mass is 79.9. The smallest absolute Gasteiger partial charge is 0.193 e. The highest BCUT2D eigenvalue weighted by Crippen LogP contribution is 2.25. The predicted molar refractivity (Wildman–Crippen MR) is 78.5 cm³/mol. The second-order valence-electron chi connectivity index (χ2n) is 4.28. The molecular formula is C15H12BrClO. The van der Waals surface area contributed by atoms with Crippen LogP contribution in [0.15, 0.2) is 40.9 Å². The summed E-state index contributed by atoms with van der Waals surface area (Å²) >= 11 is 9.26. The minimum Gasteiger partial charge on any atom is -0.289 e. The van der Waals surface area contributed by atoms with Gasteiger partial charge in [0.2, 0.25) is 0 Å². The summed E-state index contributed by atoms with van der Waals surface area (Å²) in [5.41, 5.74) is 3.51. The van der Waals surface area contributed by atoms with Crippen molar-refractivity contribution in [3.05, 3.63) is 68.1 Å². The molecule has 0 saturated heterocycles. The Balaban J connectivity index is 2.44. The van der Waals surface area contributed by atoms with Crippen LogP contribution < -0.4 is 0 Å². The largest absolute Gasteiger partial charge is 0.289 e. The van der Waals surface area contributed by atoms with Gasteiger partial charge in [-0.1, -0.05) is 35.4 Å². The van der Waals surface area contributed by atoms with Gasteiger partial charge in [0.05, 0.1) is 5.02 Å². The minimum absolute atomic E-state index is 0.0184. The van der Waals surface area contributed by atoms with Crippen molar-refractivity contribution in [1.82, 2.24) is 0 Å². The molecular weight excluding hydrogens is 312 g/mol. The molecule has 0 amide bonds. The Bertz CT molecular complexity index is 620. The van der Waals surface area contributed by atoms with Crippen LogP contribution in [0.5, 0.6) is 0 Å². The molecule has 0 aliphatic carbocycles. The van der Waals surface area contributed by atoms with E-state index in [0.29, 0.717) is 10.6 Å². The standard InChI is InChI=1S/C15H12BrClO/c1-9-3-5-12(10(2)7-9)15(18)11-4-6-14(17)13(16)8-11/h3-8H,1-2H3. The Morgan fingerprint density at radius 3 is 2.44 bits per heavy atom. The van der Waals surface area contributed by atoms with Crippen LogP contribution in [0, 0.1) is 13.8 Å². The molecule has 92 valence electrons. The number of rotatable bonds is 2. The summed E-state index contributed by atoms with van der Waals surface area (Å²) in [5, 5.41) is 0.604. The summed E-state index contributed by atoms with van der Waals surface area (Å²) in [5.74, 6) is 0.0184. The van der Waals surface area contributed by atoms with Gasteiger partial charge in [-0.2, -0.15) is 0 Å². The molecule has 0 aliphatic heterocycles. The Kier molecular flexibility index (Phi) is 3.88. The molecule has 0 N–H and O–H groups in total. The Hall–Kier alpha value is -1.12. The van der Waals surface area contributed by atoms with Crippen LogP contribution in [0.3, 0.4) is 0 Å². The van der Waals surface area contributed by atoms with Crippen molar-refractivity contribution in [2.24, 2.45) is 0 Å². The number of hydrogen-bond donors (Lipinski definition) is 0. The fourth-order valence-electron chi connectivity index (χ4n) is 1.86. The number of carbonyl (C=O) groups is 1. The third-order valence-electron chi connectivity index (χ3n) is 2.81. The maximum Gasteiger partial charge on any atom is 0.193 e. The summed E-state index contributed by atoms with van der Waals surface area (Å²) in [6.45, 7) is 3.96. The van der Waals surface area contributed by atoms with Gasteiger partial charge in [-0.25, -0.2) is 0 Å². The number of ketones is 1. The van der Waals surface area contributed by atoms with Gasteiger partial charge in [-0.05, 0) is 53.5 Å². The van der Waals surface area contributed by atoms with Gasteiger partial charge >= 0.3 is 0 Å². The summed E-state index contributed by atoms with van der Waals surface area (Å²) in [6, 6.07) is 11.1. The summed E-state index contributed by atoms with van der Waals surface area (Å²) in [6.07, 6.45) is 0. The van der Waals surface area contributed by atoms with Crippen LogP contribution in [-0.4, -0.2) is 5.78 Å². The van der Waals surface area contributed by atoms with Gasteiger partial charge in [0, 0.05) is 15.6 Å². The monoisotopic (exact) mass is 322 g/mol. The first-order valence-corrected chi connectivity index (χ1v) is 6.73. The van der Waals surface area contributed by atoms with Crippen molar-refractivity contribution in [2.45, 2.75) is 13.8 Å². The van der Waals surface area contributed by atoms with Crippen molar-refractivity contribution in [3.63, 3.8) is 0 Å². The lowest BCUT2D eigenvalue weighted by molar-refractivity contribution is 0.103. The molecule has 0 aliphatic rings. The van der Waals surface area contributed by atoms with Crippen molar-refractivity contribution >= 4 is 33.3 Å². The molecule has 0 spiro atoms. The van der Waals surface area contributed by atoms with E-state index in [4.69, 9.17) is 11.6 Å². The SMILES string of the molecule is Cc1ccc(C(=O)c2ccc(Cl)c(Br)c2)c(C)c1. The number of halogens is 2. The van der Waals surface area contributed by atoms with Crippen LogP contribution in [0.4, 0.5) is 0 Å². The van der Waals surface area contributed by atoms with Crippen molar-refractivity contribution in [2.75, 3.05) is 0 Å². The molecule has 1 nitrogen and oxygen atoms in total. The molecule has 0 atom stereocenters. The molecule has 2 rings (SSSR count). The molecule has 0 saturated carbocycles. The van der Waals surface area contributed by atoms with E-state index in [1.165, 1.54) is 0 Å². The van der Waals surface area contributed by atoms with Gasteiger partial charge in [0.25, 0.3) is 0 Å². The van der Waals surface area contributed by atoms with Gasteiger partial charge in [-0.3, -0.25) is 4.79 Å². The number of hydrogen-bond acceptors (Lipinski definition) is 1. The van der Waals surface area contributed by atoms with Crippen LogP contribution in [0.25, 0.3) is 0 Å². The first-order chi connectivity index (χ1) is 8.49. The fraction of sp³-hybridized carbons (Fsp3) is 0.133. The second-order valence-corrected chi connectivity index (χ2v) is 5.54. The van der Waals surface area contributed by atoms with Gasteiger partial charge in [0.1, 0.15) is 0 Å². The van der Waals surface area contributed by atoms with Gasteiger partial charge in [0.15, 0.2) is 5.78 Å². The maximum absolute atomic E-state index is 12.4. The molecule has 0 aromatic heterocycles. The zero-order valence-electron chi connectivity index (χ0n) is 10.1. The van der Waals surface area contributed by atoms with Gasteiger partial charge < -0.3 is 0 Å². The first kappa shape index (κ1) is 13.3. The zero-order valence-corrected chi connectivity index (χ0v) is 12.5. The molecule has 2 aromatic rings. The molecule has 0 fully saturated rings. The van der Waals surface area contributed by atoms with E-state index < -0.39 is 0 Å². The average molecular weight is 324 g/mol. The third-order valence-corrected chi connectivity index (χ3v) is 4.02. The maximum atomic E-state index is 12.4.